The summed E-state index contributed by atoms with van der Waals surface area (Å²) in [5.41, 5.74) is 2.51. The first kappa shape index (κ1) is 27.4. The van der Waals surface area contributed by atoms with Gasteiger partial charge in [0.15, 0.2) is 0 Å². The van der Waals surface area contributed by atoms with Crippen LogP contribution in [0.4, 0.5) is 0 Å². The van der Waals surface area contributed by atoms with Gasteiger partial charge in [-0.2, -0.15) is 4.31 Å². The topological polar surface area (TPSA) is 70.2 Å². The number of carbonyl (C=O) groups is 1. The van der Waals surface area contributed by atoms with Crippen molar-refractivity contribution in [2.24, 2.45) is 5.92 Å². The minimum absolute atomic E-state index is 0.137. The molecule has 2 aliphatic heterocycles. The summed E-state index contributed by atoms with van der Waals surface area (Å²) in [6.45, 7) is 6.09. The van der Waals surface area contributed by atoms with E-state index in [4.69, 9.17) is 4.74 Å². The van der Waals surface area contributed by atoms with Crippen LogP contribution in [0.15, 0.2) is 89.8 Å². The standard InChI is InChI=1S/C31H37N3O4S/c1-2-38-28-13-15-29(16-14-28)39(36,37)34-19-17-27(18-20-34)31(35)33-23-21-32(22-24-33)30(25-9-5-3-6-10-25)26-11-7-4-8-12-26/h3-16,27,30H,2,17-24H2,1H3. The molecule has 3 aromatic rings. The number of sulfonamides is 1. The van der Waals surface area contributed by atoms with Gasteiger partial charge in [0.05, 0.1) is 17.5 Å². The molecule has 0 aliphatic carbocycles. The van der Waals surface area contributed by atoms with Gasteiger partial charge in [-0.05, 0) is 55.2 Å². The monoisotopic (exact) mass is 547 g/mol. The Labute approximate surface area is 232 Å². The average Bonchev–Trinajstić information content (AvgIpc) is 2.99. The third kappa shape index (κ3) is 6.19. The zero-order valence-electron chi connectivity index (χ0n) is 22.5. The van der Waals surface area contributed by atoms with Crippen LogP contribution in [0.3, 0.4) is 0 Å². The van der Waals surface area contributed by atoms with Crippen LogP contribution in [-0.2, 0) is 14.8 Å². The highest BCUT2D eigenvalue weighted by Crippen LogP contribution is 2.31. The Morgan fingerprint density at radius 2 is 1.33 bits per heavy atom. The van der Waals surface area contributed by atoms with E-state index in [1.165, 1.54) is 15.4 Å². The molecule has 2 heterocycles. The quantitative estimate of drug-likeness (QED) is 0.418. The third-order valence-corrected chi connectivity index (χ3v) is 9.71. The predicted octanol–water partition coefficient (Wildman–Crippen LogP) is 4.42. The molecule has 2 aliphatic rings. The zero-order valence-corrected chi connectivity index (χ0v) is 23.3. The molecular formula is C31H37N3O4S. The highest BCUT2D eigenvalue weighted by Gasteiger charge is 2.35. The van der Waals surface area contributed by atoms with Gasteiger partial charge < -0.3 is 9.64 Å². The van der Waals surface area contributed by atoms with E-state index in [1.807, 2.05) is 24.0 Å². The fraction of sp³-hybridized carbons (Fsp3) is 0.387. The summed E-state index contributed by atoms with van der Waals surface area (Å²) in [5.74, 6) is 0.672. The molecule has 0 spiro atoms. The molecule has 8 heteroatoms. The second kappa shape index (κ2) is 12.3. The summed E-state index contributed by atoms with van der Waals surface area (Å²) in [4.78, 5) is 18.1. The van der Waals surface area contributed by atoms with Gasteiger partial charge in [0.25, 0.3) is 0 Å². The Balaban J connectivity index is 1.17. The van der Waals surface area contributed by atoms with Crippen molar-refractivity contribution >= 4 is 15.9 Å². The molecule has 0 bridgehead atoms. The first-order valence-electron chi connectivity index (χ1n) is 13.8. The molecule has 39 heavy (non-hydrogen) atoms. The Kier molecular flexibility index (Phi) is 8.65. The van der Waals surface area contributed by atoms with Crippen LogP contribution in [-0.4, -0.2) is 74.3 Å². The van der Waals surface area contributed by atoms with Crippen LogP contribution in [0.1, 0.15) is 36.9 Å². The molecule has 1 amide bonds. The number of ether oxygens (including phenoxy) is 1. The van der Waals surface area contributed by atoms with Gasteiger partial charge in [0, 0.05) is 45.2 Å². The first-order valence-corrected chi connectivity index (χ1v) is 15.3. The Morgan fingerprint density at radius 3 is 1.85 bits per heavy atom. The van der Waals surface area contributed by atoms with Gasteiger partial charge in [-0.25, -0.2) is 8.42 Å². The zero-order chi connectivity index (χ0) is 27.2. The molecular weight excluding hydrogens is 510 g/mol. The maximum Gasteiger partial charge on any atom is 0.243 e. The smallest absolute Gasteiger partial charge is 0.243 e. The number of piperidine rings is 1. The van der Waals surface area contributed by atoms with Gasteiger partial charge in [-0.15, -0.1) is 0 Å². The fourth-order valence-corrected chi connectivity index (χ4v) is 7.18. The van der Waals surface area contributed by atoms with E-state index in [0.717, 1.165) is 13.1 Å². The summed E-state index contributed by atoms with van der Waals surface area (Å²) < 4.78 is 33.2. The molecule has 0 aromatic heterocycles. The minimum Gasteiger partial charge on any atom is -0.494 e. The Bertz CT molecular complexity index is 1280. The molecule has 0 atom stereocenters. The summed E-state index contributed by atoms with van der Waals surface area (Å²) in [5, 5.41) is 0. The number of amides is 1. The SMILES string of the molecule is CCOc1ccc(S(=O)(=O)N2CCC(C(=O)N3CCN(C(c4ccccc4)c4ccccc4)CC3)CC2)cc1. The number of hydrogen-bond acceptors (Lipinski definition) is 5. The molecule has 0 N–H and O–H groups in total. The van der Waals surface area contributed by atoms with E-state index in [2.05, 4.69) is 53.4 Å². The van der Waals surface area contributed by atoms with Crippen LogP contribution in [0, 0.1) is 5.92 Å². The molecule has 206 valence electrons. The lowest BCUT2D eigenvalue weighted by atomic mass is 9.95. The summed E-state index contributed by atoms with van der Waals surface area (Å²) in [6, 6.07) is 27.8. The number of hydrogen-bond donors (Lipinski definition) is 0. The number of piperazine rings is 1. The lowest BCUT2D eigenvalue weighted by molar-refractivity contribution is -0.138. The summed E-state index contributed by atoms with van der Waals surface area (Å²) >= 11 is 0. The normalized spacial score (nSPS) is 17.8. The predicted molar refractivity (Wildman–Crippen MR) is 152 cm³/mol. The van der Waals surface area contributed by atoms with E-state index < -0.39 is 10.0 Å². The molecule has 2 fully saturated rings. The number of rotatable bonds is 8. The highest BCUT2D eigenvalue weighted by molar-refractivity contribution is 7.89. The minimum atomic E-state index is -3.59. The molecule has 7 nitrogen and oxygen atoms in total. The molecule has 2 saturated heterocycles. The molecule has 5 rings (SSSR count). The molecule has 0 unspecified atom stereocenters. The van der Waals surface area contributed by atoms with Gasteiger partial charge in [0.1, 0.15) is 5.75 Å². The van der Waals surface area contributed by atoms with Gasteiger partial charge >= 0.3 is 0 Å². The highest BCUT2D eigenvalue weighted by atomic mass is 32.2. The van der Waals surface area contributed by atoms with E-state index in [-0.39, 0.29) is 22.8 Å². The van der Waals surface area contributed by atoms with Crippen LogP contribution in [0.5, 0.6) is 5.75 Å². The Hall–Kier alpha value is -3.20. The third-order valence-electron chi connectivity index (χ3n) is 7.80. The van der Waals surface area contributed by atoms with Crippen molar-refractivity contribution in [1.29, 1.82) is 0 Å². The first-order chi connectivity index (χ1) is 19.0. The number of carbonyl (C=O) groups excluding carboxylic acids is 1. The molecule has 3 aromatic carbocycles. The maximum absolute atomic E-state index is 13.4. The Morgan fingerprint density at radius 1 is 0.795 bits per heavy atom. The van der Waals surface area contributed by atoms with E-state index >= 15 is 0 Å². The second-order valence-electron chi connectivity index (χ2n) is 10.2. The van der Waals surface area contributed by atoms with E-state index in [9.17, 15) is 13.2 Å². The second-order valence-corrected chi connectivity index (χ2v) is 12.1. The van der Waals surface area contributed by atoms with E-state index in [0.29, 0.717) is 51.4 Å². The van der Waals surface area contributed by atoms with Crippen molar-refractivity contribution in [2.75, 3.05) is 45.9 Å². The van der Waals surface area contributed by atoms with Crippen molar-refractivity contribution < 1.29 is 17.9 Å². The van der Waals surface area contributed by atoms with Crippen molar-refractivity contribution in [2.45, 2.75) is 30.7 Å². The fourth-order valence-electron chi connectivity index (χ4n) is 5.71. The van der Waals surface area contributed by atoms with Crippen LogP contribution >= 0.6 is 0 Å². The molecule has 0 radical (unpaired) electrons. The van der Waals surface area contributed by atoms with Crippen LogP contribution in [0.2, 0.25) is 0 Å². The largest absolute Gasteiger partial charge is 0.494 e. The lowest BCUT2D eigenvalue weighted by Gasteiger charge is -2.41. The van der Waals surface area contributed by atoms with Crippen molar-refractivity contribution in [3.8, 4) is 5.75 Å². The maximum atomic E-state index is 13.4. The van der Waals surface area contributed by atoms with Gasteiger partial charge in [-0.1, -0.05) is 60.7 Å². The van der Waals surface area contributed by atoms with Gasteiger partial charge in [0.2, 0.25) is 15.9 Å². The average molecular weight is 548 g/mol. The van der Waals surface area contributed by atoms with E-state index in [1.54, 1.807) is 24.3 Å². The van der Waals surface area contributed by atoms with Crippen molar-refractivity contribution in [3.05, 3.63) is 96.1 Å². The van der Waals surface area contributed by atoms with Crippen LogP contribution in [0.25, 0.3) is 0 Å². The molecule has 0 saturated carbocycles. The van der Waals surface area contributed by atoms with Gasteiger partial charge in [-0.3, -0.25) is 9.69 Å². The van der Waals surface area contributed by atoms with Crippen molar-refractivity contribution in [1.82, 2.24) is 14.1 Å². The summed E-state index contributed by atoms with van der Waals surface area (Å²) in [7, 11) is -3.59. The van der Waals surface area contributed by atoms with Crippen molar-refractivity contribution in [3.63, 3.8) is 0 Å². The van der Waals surface area contributed by atoms with Crippen LogP contribution < -0.4 is 4.74 Å². The summed E-state index contributed by atoms with van der Waals surface area (Å²) in [6.07, 6.45) is 1.10. The number of nitrogens with zero attached hydrogens (tertiary/aromatic N) is 3. The number of benzene rings is 3. The lowest BCUT2D eigenvalue weighted by Crippen LogP contribution is -2.52.